The third kappa shape index (κ3) is 2.25. The number of rotatable bonds is 2. The molecule has 1 aliphatic rings. The Kier molecular flexibility index (Phi) is 3.29. The first-order chi connectivity index (χ1) is 8.00. The number of fused-ring (bicyclic) bond motifs is 1. The Bertz CT molecular complexity index is 415. The molecule has 17 heavy (non-hydrogen) atoms. The summed E-state index contributed by atoms with van der Waals surface area (Å²) in [7, 11) is 4.12. The summed E-state index contributed by atoms with van der Waals surface area (Å²) in [5.74, 6) is 1.82. The van der Waals surface area contributed by atoms with Crippen molar-refractivity contribution < 1.29 is 9.47 Å². The molecular weight excluding hydrogens is 214 g/mol. The summed E-state index contributed by atoms with van der Waals surface area (Å²) in [4.78, 5) is 2.16. The molecule has 0 fully saturated rings. The maximum absolute atomic E-state index is 6.10. The van der Waals surface area contributed by atoms with Crippen LogP contribution in [0.5, 0.6) is 11.5 Å². The third-order valence-electron chi connectivity index (χ3n) is 3.52. The first-order valence-electron chi connectivity index (χ1n) is 6.06. The van der Waals surface area contributed by atoms with Crippen LogP contribution in [0.1, 0.15) is 18.1 Å². The second kappa shape index (κ2) is 4.57. The Hall–Kier alpha value is -1.22. The van der Waals surface area contributed by atoms with Gasteiger partial charge in [0.25, 0.3) is 0 Å². The van der Waals surface area contributed by atoms with Crippen LogP contribution in [0.15, 0.2) is 12.1 Å². The quantitative estimate of drug-likeness (QED) is 0.785. The van der Waals surface area contributed by atoms with Gasteiger partial charge in [0.15, 0.2) is 11.5 Å². The number of nitrogens with zero attached hydrogens (tertiary/aromatic N) is 1. The molecule has 0 radical (unpaired) electrons. The van der Waals surface area contributed by atoms with Gasteiger partial charge in [-0.15, -0.1) is 0 Å². The van der Waals surface area contributed by atoms with Crippen molar-refractivity contribution in [3.8, 4) is 11.5 Å². The molecule has 0 saturated heterocycles. The minimum atomic E-state index is 0.0954. The summed E-state index contributed by atoms with van der Waals surface area (Å²) in [5, 5.41) is 0. The topological polar surface area (TPSA) is 21.7 Å². The van der Waals surface area contributed by atoms with Gasteiger partial charge in [-0.2, -0.15) is 0 Å². The van der Waals surface area contributed by atoms with Gasteiger partial charge in [-0.05, 0) is 46.0 Å². The molecule has 0 amide bonds. The molecular formula is C14H21NO2. The number of ether oxygens (including phenoxy) is 2. The van der Waals surface area contributed by atoms with E-state index in [1.165, 1.54) is 0 Å². The average Bonchev–Trinajstić information content (AvgIpc) is 2.32. The van der Waals surface area contributed by atoms with Gasteiger partial charge in [-0.3, -0.25) is 0 Å². The average molecular weight is 235 g/mol. The Labute approximate surface area is 103 Å². The van der Waals surface area contributed by atoms with Gasteiger partial charge in [-0.25, -0.2) is 0 Å². The standard InChI is InChI=1S/C14H21NO2/c1-9-6-7-10(2)14-13(9)16-8-12(17-14)11(3)15(4)5/h6-7,11-12H,8H2,1-5H3/t11-,12+/m0/s1. The van der Waals surface area contributed by atoms with E-state index < -0.39 is 0 Å². The zero-order chi connectivity index (χ0) is 12.6. The van der Waals surface area contributed by atoms with E-state index in [0.29, 0.717) is 12.6 Å². The van der Waals surface area contributed by atoms with Crippen LogP contribution in [0.3, 0.4) is 0 Å². The van der Waals surface area contributed by atoms with Crippen LogP contribution in [-0.2, 0) is 0 Å². The lowest BCUT2D eigenvalue weighted by molar-refractivity contribution is 0.0360. The van der Waals surface area contributed by atoms with E-state index in [9.17, 15) is 0 Å². The molecule has 0 saturated carbocycles. The monoisotopic (exact) mass is 235 g/mol. The van der Waals surface area contributed by atoms with Crippen molar-refractivity contribution in [1.29, 1.82) is 0 Å². The lowest BCUT2D eigenvalue weighted by Crippen LogP contribution is -2.45. The molecule has 1 aromatic rings. The highest BCUT2D eigenvalue weighted by Gasteiger charge is 2.29. The van der Waals surface area contributed by atoms with E-state index in [2.05, 4.69) is 51.9 Å². The lowest BCUT2D eigenvalue weighted by Gasteiger charge is -2.34. The number of benzene rings is 1. The van der Waals surface area contributed by atoms with Crippen molar-refractivity contribution >= 4 is 0 Å². The van der Waals surface area contributed by atoms with Gasteiger partial charge in [0.2, 0.25) is 0 Å². The highest BCUT2D eigenvalue weighted by Crippen LogP contribution is 2.38. The van der Waals surface area contributed by atoms with E-state index >= 15 is 0 Å². The summed E-state index contributed by atoms with van der Waals surface area (Å²) >= 11 is 0. The van der Waals surface area contributed by atoms with Crippen molar-refractivity contribution in [2.24, 2.45) is 0 Å². The maximum atomic E-state index is 6.10. The molecule has 2 rings (SSSR count). The second-order valence-corrected chi connectivity index (χ2v) is 5.03. The Morgan fingerprint density at radius 2 is 1.76 bits per heavy atom. The van der Waals surface area contributed by atoms with Gasteiger partial charge < -0.3 is 14.4 Å². The molecule has 94 valence electrons. The molecule has 0 bridgehead atoms. The van der Waals surface area contributed by atoms with E-state index in [-0.39, 0.29) is 6.10 Å². The Morgan fingerprint density at radius 3 is 2.35 bits per heavy atom. The van der Waals surface area contributed by atoms with Crippen molar-refractivity contribution in [2.75, 3.05) is 20.7 Å². The largest absolute Gasteiger partial charge is 0.485 e. The number of likely N-dealkylation sites (N-methyl/N-ethyl adjacent to an activating group) is 1. The van der Waals surface area contributed by atoms with Crippen LogP contribution in [-0.4, -0.2) is 37.7 Å². The smallest absolute Gasteiger partial charge is 0.165 e. The zero-order valence-corrected chi connectivity index (χ0v) is 11.3. The lowest BCUT2D eigenvalue weighted by atomic mass is 10.1. The molecule has 1 heterocycles. The minimum Gasteiger partial charge on any atom is -0.485 e. The second-order valence-electron chi connectivity index (χ2n) is 5.03. The van der Waals surface area contributed by atoms with Gasteiger partial charge in [0, 0.05) is 6.04 Å². The number of aryl methyl sites for hydroxylation is 2. The molecule has 2 atom stereocenters. The molecule has 1 aliphatic heterocycles. The van der Waals surface area contributed by atoms with Crippen LogP contribution in [0.2, 0.25) is 0 Å². The van der Waals surface area contributed by atoms with Crippen LogP contribution >= 0.6 is 0 Å². The molecule has 3 nitrogen and oxygen atoms in total. The van der Waals surface area contributed by atoms with E-state index in [1.54, 1.807) is 0 Å². The number of hydrogen-bond donors (Lipinski definition) is 0. The van der Waals surface area contributed by atoms with Crippen LogP contribution in [0, 0.1) is 13.8 Å². The van der Waals surface area contributed by atoms with Crippen LogP contribution < -0.4 is 9.47 Å². The molecule has 0 spiro atoms. The van der Waals surface area contributed by atoms with Crippen molar-refractivity contribution in [3.63, 3.8) is 0 Å². The van der Waals surface area contributed by atoms with Crippen molar-refractivity contribution in [2.45, 2.75) is 32.9 Å². The molecule has 0 unspecified atom stereocenters. The fraction of sp³-hybridized carbons (Fsp3) is 0.571. The first-order valence-corrected chi connectivity index (χ1v) is 6.06. The SMILES string of the molecule is Cc1ccc(C)c2c1OC[C@H]([C@H](C)N(C)C)O2. The van der Waals surface area contributed by atoms with E-state index in [0.717, 1.165) is 22.6 Å². The molecule has 0 aromatic heterocycles. The summed E-state index contributed by atoms with van der Waals surface area (Å²) in [6, 6.07) is 4.50. The Balaban J connectivity index is 2.27. The summed E-state index contributed by atoms with van der Waals surface area (Å²) in [6.07, 6.45) is 0.0954. The maximum Gasteiger partial charge on any atom is 0.165 e. The number of hydrogen-bond acceptors (Lipinski definition) is 3. The van der Waals surface area contributed by atoms with E-state index in [4.69, 9.17) is 9.47 Å². The summed E-state index contributed by atoms with van der Waals surface area (Å²) in [6.45, 7) is 6.89. The summed E-state index contributed by atoms with van der Waals surface area (Å²) < 4.78 is 12.0. The Morgan fingerprint density at radius 1 is 1.18 bits per heavy atom. The molecule has 1 aromatic carbocycles. The predicted molar refractivity (Wildman–Crippen MR) is 69.0 cm³/mol. The minimum absolute atomic E-state index is 0.0954. The van der Waals surface area contributed by atoms with Gasteiger partial charge >= 0.3 is 0 Å². The van der Waals surface area contributed by atoms with Crippen LogP contribution in [0.4, 0.5) is 0 Å². The zero-order valence-electron chi connectivity index (χ0n) is 11.3. The third-order valence-corrected chi connectivity index (χ3v) is 3.52. The first kappa shape index (κ1) is 12.2. The molecule has 3 heteroatoms. The van der Waals surface area contributed by atoms with Gasteiger partial charge in [0.05, 0.1) is 0 Å². The highest BCUT2D eigenvalue weighted by molar-refractivity contribution is 5.52. The summed E-state index contributed by atoms with van der Waals surface area (Å²) in [5.41, 5.74) is 2.28. The van der Waals surface area contributed by atoms with Gasteiger partial charge in [-0.1, -0.05) is 12.1 Å². The normalized spacial score (nSPS) is 20.5. The van der Waals surface area contributed by atoms with E-state index in [1.807, 2.05) is 0 Å². The van der Waals surface area contributed by atoms with Gasteiger partial charge in [0.1, 0.15) is 12.7 Å². The molecule has 0 aliphatic carbocycles. The highest BCUT2D eigenvalue weighted by atomic mass is 16.6. The molecule has 0 N–H and O–H groups in total. The van der Waals surface area contributed by atoms with Crippen LogP contribution in [0.25, 0.3) is 0 Å². The fourth-order valence-electron chi connectivity index (χ4n) is 2.01. The predicted octanol–water partition coefficient (Wildman–Crippen LogP) is 2.39. The fourth-order valence-corrected chi connectivity index (χ4v) is 2.01. The van der Waals surface area contributed by atoms with Crippen molar-refractivity contribution in [1.82, 2.24) is 4.90 Å². The van der Waals surface area contributed by atoms with Crippen molar-refractivity contribution in [3.05, 3.63) is 23.3 Å².